The molecule has 7 nitrogen and oxygen atoms in total. The number of carbonyl (C=O) groups is 1. The maximum Gasteiger partial charge on any atom is 0.250 e. The first kappa shape index (κ1) is 15.6. The van der Waals surface area contributed by atoms with Crippen molar-refractivity contribution < 1.29 is 14.3 Å². The fourth-order valence-electron chi connectivity index (χ4n) is 2.40. The SMILES string of the molecule is O=C(COCC1CCOC1)Nc1cnn(Cc2ccccn2)c1. The Morgan fingerprint density at radius 3 is 3.22 bits per heavy atom. The maximum absolute atomic E-state index is 11.8. The zero-order valence-corrected chi connectivity index (χ0v) is 12.9. The van der Waals surface area contributed by atoms with Gasteiger partial charge in [0.1, 0.15) is 6.61 Å². The highest BCUT2D eigenvalue weighted by Gasteiger charge is 2.16. The molecule has 3 heterocycles. The number of rotatable bonds is 7. The molecule has 1 aliphatic rings. The minimum Gasteiger partial charge on any atom is -0.381 e. The van der Waals surface area contributed by atoms with Crippen molar-refractivity contribution in [1.82, 2.24) is 14.8 Å². The molecule has 2 aromatic heterocycles. The molecule has 23 heavy (non-hydrogen) atoms. The van der Waals surface area contributed by atoms with Gasteiger partial charge in [-0.2, -0.15) is 5.10 Å². The van der Waals surface area contributed by atoms with Gasteiger partial charge in [-0.15, -0.1) is 0 Å². The number of aromatic nitrogens is 3. The van der Waals surface area contributed by atoms with Gasteiger partial charge in [-0.05, 0) is 18.6 Å². The van der Waals surface area contributed by atoms with E-state index in [1.807, 2.05) is 18.2 Å². The molecule has 0 saturated carbocycles. The number of amides is 1. The molecule has 0 bridgehead atoms. The Labute approximate surface area is 134 Å². The molecule has 1 unspecified atom stereocenters. The first-order valence-electron chi connectivity index (χ1n) is 7.67. The van der Waals surface area contributed by atoms with Crippen molar-refractivity contribution >= 4 is 11.6 Å². The van der Waals surface area contributed by atoms with Crippen LogP contribution in [0.2, 0.25) is 0 Å². The summed E-state index contributed by atoms with van der Waals surface area (Å²) in [4.78, 5) is 16.1. The molecule has 0 aliphatic carbocycles. The maximum atomic E-state index is 11.8. The van der Waals surface area contributed by atoms with E-state index in [9.17, 15) is 4.79 Å². The van der Waals surface area contributed by atoms with E-state index in [4.69, 9.17) is 9.47 Å². The minimum absolute atomic E-state index is 0.0436. The van der Waals surface area contributed by atoms with Crippen molar-refractivity contribution in [2.45, 2.75) is 13.0 Å². The van der Waals surface area contributed by atoms with Crippen LogP contribution in [0.25, 0.3) is 0 Å². The number of pyridine rings is 1. The largest absolute Gasteiger partial charge is 0.381 e. The zero-order valence-electron chi connectivity index (χ0n) is 12.9. The standard InChI is InChI=1S/C16H20N4O3/c21-16(12-23-11-13-4-6-22-10-13)19-15-7-18-20(9-15)8-14-3-1-2-5-17-14/h1-3,5,7,9,13H,4,6,8,10-12H2,(H,19,21). The lowest BCUT2D eigenvalue weighted by atomic mass is 10.1. The second kappa shape index (κ2) is 7.85. The predicted octanol–water partition coefficient (Wildman–Crippen LogP) is 1.32. The van der Waals surface area contributed by atoms with Gasteiger partial charge < -0.3 is 14.8 Å². The van der Waals surface area contributed by atoms with Crippen LogP contribution in [-0.4, -0.2) is 47.1 Å². The van der Waals surface area contributed by atoms with Gasteiger partial charge in [0.25, 0.3) is 0 Å². The van der Waals surface area contributed by atoms with E-state index < -0.39 is 0 Å². The summed E-state index contributed by atoms with van der Waals surface area (Å²) >= 11 is 0. The van der Waals surface area contributed by atoms with E-state index in [2.05, 4.69) is 15.4 Å². The molecule has 1 fully saturated rings. The Hall–Kier alpha value is -2.25. The number of nitrogens with zero attached hydrogens (tertiary/aromatic N) is 3. The third-order valence-electron chi connectivity index (χ3n) is 3.58. The van der Waals surface area contributed by atoms with E-state index in [1.54, 1.807) is 23.3 Å². The number of nitrogens with one attached hydrogen (secondary N) is 1. The Kier molecular flexibility index (Phi) is 5.33. The summed E-state index contributed by atoms with van der Waals surface area (Å²) in [7, 11) is 0. The third kappa shape index (κ3) is 4.87. The summed E-state index contributed by atoms with van der Waals surface area (Å²) in [5.41, 5.74) is 1.56. The van der Waals surface area contributed by atoms with Crippen LogP contribution in [0, 0.1) is 5.92 Å². The van der Waals surface area contributed by atoms with Gasteiger partial charge in [0.15, 0.2) is 0 Å². The average molecular weight is 316 g/mol. The molecule has 1 atom stereocenters. The van der Waals surface area contributed by atoms with Gasteiger partial charge >= 0.3 is 0 Å². The van der Waals surface area contributed by atoms with Crippen LogP contribution in [0.1, 0.15) is 12.1 Å². The second-order valence-corrected chi connectivity index (χ2v) is 5.54. The van der Waals surface area contributed by atoms with E-state index in [0.717, 1.165) is 25.3 Å². The van der Waals surface area contributed by atoms with E-state index in [1.165, 1.54) is 0 Å². The lowest BCUT2D eigenvalue weighted by Crippen LogP contribution is -2.20. The Morgan fingerprint density at radius 1 is 1.48 bits per heavy atom. The highest BCUT2D eigenvalue weighted by Crippen LogP contribution is 2.12. The molecule has 0 aromatic carbocycles. The molecule has 1 saturated heterocycles. The van der Waals surface area contributed by atoms with Gasteiger partial charge in [0, 0.05) is 24.9 Å². The Bertz CT molecular complexity index is 623. The average Bonchev–Trinajstić information content (AvgIpc) is 3.21. The van der Waals surface area contributed by atoms with Crippen LogP contribution in [0.3, 0.4) is 0 Å². The molecule has 1 N–H and O–H groups in total. The fourth-order valence-corrected chi connectivity index (χ4v) is 2.40. The van der Waals surface area contributed by atoms with Crippen molar-refractivity contribution in [3.8, 4) is 0 Å². The smallest absolute Gasteiger partial charge is 0.250 e. The zero-order chi connectivity index (χ0) is 15.9. The number of hydrogen-bond donors (Lipinski definition) is 1. The molecule has 3 rings (SSSR count). The quantitative estimate of drug-likeness (QED) is 0.833. The van der Waals surface area contributed by atoms with Gasteiger partial charge in [-0.1, -0.05) is 6.07 Å². The van der Waals surface area contributed by atoms with E-state index >= 15 is 0 Å². The predicted molar refractivity (Wildman–Crippen MR) is 83.9 cm³/mol. The molecule has 122 valence electrons. The van der Waals surface area contributed by atoms with Gasteiger partial charge in [0.05, 0.1) is 37.3 Å². The summed E-state index contributed by atoms with van der Waals surface area (Å²) < 4.78 is 12.4. The summed E-state index contributed by atoms with van der Waals surface area (Å²) in [6.07, 6.45) is 6.14. The van der Waals surface area contributed by atoms with Crippen molar-refractivity contribution in [2.75, 3.05) is 31.7 Å². The first-order valence-corrected chi connectivity index (χ1v) is 7.67. The monoisotopic (exact) mass is 316 g/mol. The number of hydrogen-bond acceptors (Lipinski definition) is 5. The summed E-state index contributed by atoms with van der Waals surface area (Å²) in [6, 6.07) is 5.73. The molecular weight excluding hydrogens is 296 g/mol. The number of anilines is 1. The van der Waals surface area contributed by atoms with Crippen LogP contribution in [-0.2, 0) is 20.8 Å². The van der Waals surface area contributed by atoms with Crippen molar-refractivity contribution in [1.29, 1.82) is 0 Å². The van der Waals surface area contributed by atoms with Crippen molar-refractivity contribution in [3.05, 3.63) is 42.5 Å². The summed E-state index contributed by atoms with van der Waals surface area (Å²) in [5.74, 6) is 0.227. The molecule has 1 amide bonds. The Morgan fingerprint density at radius 2 is 2.43 bits per heavy atom. The van der Waals surface area contributed by atoms with Gasteiger partial charge in [-0.25, -0.2) is 0 Å². The summed E-state index contributed by atoms with van der Waals surface area (Å²) in [6.45, 7) is 2.68. The number of carbonyl (C=O) groups excluding carboxylic acids is 1. The van der Waals surface area contributed by atoms with Gasteiger partial charge in [0.2, 0.25) is 5.91 Å². The first-order chi connectivity index (χ1) is 11.3. The molecular formula is C16H20N4O3. The normalized spacial score (nSPS) is 17.3. The third-order valence-corrected chi connectivity index (χ3v) is 3.58. The Balaban J connectivity index is 1.42. The molecule has 7 heteroatoms. The molecule has 1 aliphatic heterocycles. The van der Waals surface area contributed by atoms with E-state index in [-0.39, 0.29) is 12.5 Å². The molecule has 0 radical (unpaired) electrons. The van der Waals surface area contributed by atoms with E-state index in [0.29, 0.717) is 24.8 Å². The fraction of sp³-hybridized carbons (Fsp3) is 0.438. The second-order valence-electron chi connectivity index (χ2n) is 5.54. The van der Waals surface area contributed by atoms with Crippen molar-refractivity contribution in [2.24, 2.45) is 5.92 Å². The lowest BCUT2D eigenvalue weighted by molar-refractivity contribution is -0.121. The van der Waals surface area contributed by atoms with Crippen LogP contribution in [0.5, 0.6) is 0 Å². The topological polar surface area (TPSA) is 78.3 Å². The highest BCUT2D eigenvalue weighted by molar-refractivity contribution is 5.91. The highest BCUT2D eigenvalue weighted by atomic mass is 16.5. The van der Waals surface area contributed by atoms with Crippen LogP contribution < -0.4 is 5.32 Å². The van der Waals surface area contributed by atoms with Gasteiger partial charge in [-0.3, -0.25) is 14.5 Å². The van der Waals surface area contributed by atoms with Crippen LogP contribution in [0.4, 0.5) is 5.69 Å². The molecule has 2 aromatic rings. The summed E-state index contributed by atoms with van der Waals surface area (Å²) in [5, 5.41) is 6.99. The van der Waals surface area contributed by atoms with Crippen molar-refractivity contribution in [3.63, 3.8) is 0 Å². The molecule has 0 spiro atoms. The lowest BCUT2D eigenvalue weighted by Gasteiger charge is -2.08. The van der Waals surface area contributed by atoms with Crippen LogP contribution in [0.15, 0.2) is 36.8 Å². The number of ether oxygens (including phenoxy) is 2. The van der Waals surface area contributed by atoms with Crippen LogP contribution >= 0.6 is 0 Å². The minimum atomic E-state index is -0.179.